The third-order valence-corrected chi connectivity index (χ3v) is 11.5. The standard InChI is InChI=1S/C20H19F3N2O2S.C20H19F3N2S.CH4/c1-4-28(26,27)18-11-15(20(21,22)23)9-10-16(18)19-24-12-17(25(19)3)14-7-5-13(2)6-8-14;1-4-26-18-11-15(20(21,22)23)9-10-16(18)19-24-12-17(25(19)3)14-7-5-13(2)6-8-14;/h5-12H,4H2,1-3H3;5-12H,4H2,1-3H3;1H4. The van der Waals surface area contributed by atoms with E-state index in [0.29, 0.717) is 28.1 Å². The van der Waals surface area contributed by atoms with Crippen LogP contribution in [0, 0.1) is 13.8 Å². The van der Waals surface area contributed by atoms with E-state index >= 15 is 0 Å². The SMILES string of the molecule is C.CCS(=O)(=O)c1cc(C(F)(F)F)ccc1-c1ncc(-c2ccc(C)cc2)n1C.CCSc1cc(C(F)(F)F)ccc1-c1ncc(-c2ccc(C)cc2)n1C. The van der Waals surface area contributed by atoms with Gasteiger partial charge in [-0.15, -0.1) is 11.8 Å². The first kappa shape index (κ1) is 42.9. The number of imidazole rings is 2. The highest BCUT2D eigenvalue weighted by Gasteiger charge is 2.34. The minimum absolute atomic E-state index is 0. The first-order valence-corrected chi connectivity index (χ1v) is 19.5. The number of hydrogen-bond donors (Lipinski definition) is 0. The Bertz CT molecular complexity index is 2360. The molecule has 6 rings (SSSR count). The van der Waals surface area contributed by atoms with Crippen molar-refractivity contribution in [2.75, 3.05) is 11.5 Å². The van der Waals surface area contributed by atoms with Crippen molar-refractivity contribution >= 4 is 21.6 Å². The summed E-state index contributed by atoms with van der Waals surface area (Å²) in [6.45, 7) is 7.30. The lowest BCUT2D eigenvalue weighted by Gasteiger charge is -2.14. The third-order valence-electron chi connectivity index (χ3n) is 8.79. The molecule has 55 heavy (non-hydrogen) atoms. The summed E-state index contributed by atoms with van der Waals surface area (Å²) in [5.41, 5.74) is 5.03. The molecule has 0 aliphatic carbocycles. The number of aromatic nitrogens is 4. The molecule has 2 heterocycles. The van der Waals surface area contributed by atoms with Gasteiger partial charge in [0.2, 0.25) is 0 Å². The summed E-state index contributed by atoms with van der Waals surface area (Å²) in [5.74, 6) is 1.32. The monoisotopic (exact) mass is 800 g/mol. The minimum Gasteiger partial charge on any atom is -0.327 e. The number of halogens is 6. The number of thioether (sulfide) groups is 1. The molecule has 14 heteroatoms. The van der Waals surface area contributed by atoms with E-state index in [1.54, 1.807) is 24.0 Å². The number of hydrogen-bond acceptors (Lipinski definition) is 5. The van der Waals surface area contributed by atoms with Gasteiger partial charge in [0.1, 0.15) is 11.6 Å². The van der Waals surface area contributed by atoms with Crippen molar-refractivity contribution in [3.8, 4) is 45.3 Å². The predicted molar refractivity (Wildman–Crippen MR) is 208 cm³/mol. The third kappa shape index (κ3) is 9.53. The van der Waals surface area contributed by atoms with Gasteiger partial charge in [0.15, 0.2) is 9.84 Å². The van der Waals surface area contributed by atoms with Crippen molar-refractivity contribution in [2.45, 2.75) is 57.3 Å². The second-order valence-electron chi connectivity index (χ2n) is 12.5. The Morgan fingerprint density at radius 2 is 1.05 bits per heavy atom. The molecule has 0 saturated heterocycles. The van der Waals surface area contributed by atoms with E-state index in [1.807, 2.05) is 80.9 Å². The highest BCUT2D eigenvalue weighted by Crippen LogP contribution is 2.39. The number of aryl methyl sites for hydroxylation is 2. The molecule has 292 valence electrons. The summed E-state index contributed by atoms with van der Waals surface area (Å²) >= 11 is 1.39. The Hall–Kier alpha value is -4.82. The van der Waals surface area contributed by atoms with Crippen LogP contribution in [-0.4, -0.2) is 39.0 Å². The molecular formula is C41H42F6N4O2S2. The van der Waals surface area contributed by atoms with Gasteiger partial charge in [-0.1, -0.05) is 80.9 Å². The van der Waals surface area contributed by atoms with Gasteiger partial charge in [-0.05, 0) is 67.1 Å². The summed E-state index contributed by atoms with van der Waals surface area (Å²) in [6, 6.07) is 22.4. The average molecular weight is 801 g/mol. The van der Waals surface area contributed by atoms with E-state index in [2.05, 4.69) is 9.97 Å². The summed E-state index contributed by atoms with van der Waals surface area (Å²) in [4.78, 5) is 9.01. The Labute approximate surface area is 322 Å². The Kier molecular flexibility index (Phi) is 13.2. The number of benzene rings is 4. The lowest BCUT2D eigenvalue weighted by molar-refractivity contribution is -0.138. The van der Waals surface area contributed by atoms with E-state index in [1.165, 1.54) is 42.4 Å². The fraction of sp³-hybridized carbons (Fsp3) is 0.268. The van der Waals surface area contributed by atoms with Crippen LogP contribution in [0.3, 0.4) is 0 Å². The average Bonchev–Trinajstić information content (AvgIpc) is 3.70. The quantitative estimate of drug-likeness (QED) is 0.113. The molecule has 2 aromatic heterocycles. The topological polar surface area (TPSA) is 69.8 Å². The van der Waals surface area contributed by atoms with Crippen LogP contribution in [0.25, 0.3) is 45.3 Å². The van der Waals surface area contributed by atoms with Crippen molar-refractivity contribution in [2.24, 2.45) is 14.1 Å². The number of sulfone groups is 1. The highest BCUT2D eigenvalue weighted by molar-refractivity contribution is 7.99. The molecule has 0 saturated carbocycles. The summed E-state index contributed by atoms with van der Waals surface area (Å²) in [6.07, 6.45) is -5.64. The van der Waals surface area contributed by atoms with E-state index in [0.717, 1.165) is 40.2 Å². The van der Waals surface area contributed by atoms with E-state index in [4.69, 9.17) is 0 Å². The molecule has 0 aliphatic rings. The molecular weight excluding hydrogens is 759 g/mol. The second kappa shape index (κ2) is 16.9. The van der Waals surface area contributed by atoms with Gasteiger partial charge in [-0.25, -0.2) is 18.4 Å². The Morgan fingerprint density at radius 1 is 0.636 bits per heavy atom. The van der Waals surface area contributed by atoms with Crippen LogP contribution in [-0.2, 0) is 36.3 Å². The van der Waals surface area contributed by atoms with Gasteiger partial charge in [0.05, 0.1) is 45.6 Å². The fourth-order valence-electron chi connectivity index (χ4n) is 5.76. The van der Waals surface area contributed by atoms with Gasteiger partial charge in [-0.2, -0.15) is 26.3 Å². The van der Waals surface area contributed by atoms with Crippen LogP contribution in [0.4, 0.5) is 26.3 Å². The molecule has 4 aromatic carbocycles. The first-order valence-electron chi connectivity index (χ1n) is 16.8. The molecule has 0 fully saturated rings. The highest BCUT2D eigenvalue weighted by atomic mass is 32.2. The largest absolute Gasteiger partial charge is 0.416 e. The zero-order valence-corrected chi connectivity index (χ0v) is 32.0. The summed E-state index contributed by atoms with van der Waals surface area (Å²) in [7, 11) is -0.300. The fourth-order valence-corrected chi connectivity index (χ4v) is 7.71. The second-order valence-corrected chi connectivity index (χ2v) is 16.1. The van der Waals surface area contributed by atoms with Crippen LogP contribution in [0.2, 0.25) is 0 Å². The molecule has 0 atom stereocenters. The molecule has 0 amide bonds. The molecule has 0 radical (unpaired) electrons. The van der Waals surface area contributed by atoms with Gasteiger partial charge in [-0.3, -0.25) is 0 Å². The molecule has 0 spiro atoms. The van der Waals surface area contributed by atoms with E-state index in [9.17, 15) is 34.8 Å². The predicted octanol–water partition coefficient (Wildman–Crippen LogP) is 11.7. The van der Waals surface area contributed by atoms with E-state index < -0.39 is 33.3 Å². The molecule has 0 bridgehead atoms. The first-order chi connectivity index (χ1) is 25.3. The normalized spacial score (nSPS) is 11.9. The molecule has 0 unspecified atom stereocenters. The number of nitrogens with zero attached hydrogens (tertiary/aromatic N) is 4. The molecule has 6 nitrogen and oxygen atoms in total. The van der Waals surface area contributed by atoms with Crippen LogP contribution in [0.1, 0.15) is 43.5 Å². The minimum atomic E-state index is -4.63. The van der Waals surface area contributed by atoms with Crippen molar-refractivity contribution < 1.29 is 34.8 Å². The Balaban J connectivity index is 0.000000241. The van der Waals surface area contributed by atoms with Crippen molar-refractivity contribution in [1.29, 1.82) is 0 Å². The van der Waals surface area contributed by atoms with Gasteiger partial charge in [0.25, 0.3) is 0 Å². The van der Waals surface area contributed by atoms with Crippen LogP contribution in [0.5, 0.6) is 0 Å². The van der Waals surface area contributed by atoms with Crippen LogP contribution < -0.4 is 0 Å². The van der Waals surface area contributed by atoms with Crippen molar-refractivity contribution in [3.05, 3.63) is 120 Å². The Morgan fingerprint density at radius 3 is 1.47 bits per heavy atom. The lowest BCUT2D eigenvalue weighted by Crippen LogP contribution is -2.11. The number of alkyl halides is 6. The maximum absolute atomic E-state index is 13.1. The van der Waals surface area contributed by atoms with E-state index in [-0.39, 0.29) is 29.5 Å². The molecule has 0 N–H and O–H groups in total. The number of rotatable bonds is 8. The zero-order chi connectivity index (χ0) is 39.6. The molecule has 6 aromatic rings. The molecule has 0 aliphatic heterocycles. The summed E-state index contributed by atoms with van der Waals surface area (Å²) < 4.78 is 107. The van der Waals surface area contributed by atoms with Crippen LogP contribution >= 0.6 is 11.8 Å². The maximum Gasteiger partial charge on any atom is 0.416 e. The summed E-state index contributed by atoms with van der Waals surface area (Å²) in [5, 5.41) is 0. The zero-order valence-electron chi connectivity index (χ0n) is 30.3. The smallest absolute Gasteiger partial charge is 0.327 e. The maximum atomic E-state index is 13.1. The van der Waals surface area contributed by atoms with Gasteiger partial charge < -0.3 is 9.13 Å². The van der Waals surface area contributed by atoms with Crippen molar-refractivity contribution in [1.82, 2.24) is 19.1 Å². The van der Waals surface area contributed by atoms with Crippen LogP contribution in [0.15, 0.2) is 107 Å². The lowest BCUT2D eigenvalue weighted by atomic mass is 10.1. The van der Waals surface area contributed by atoms with Gasteiger partial charge in [0, 0.05) is 30.1 Å². The van der Waals surface area contributed by atoms with Crippen molar-refractivity contribution in [3.63, 3.8) is 0 Å². The van der Waals surface area contributed by atoms with Gasteiger partial charge >= 0.3 is 12.4 Å².